The highest BCUT2D eigenvalue weighted by Crippen LogP contribution is 2.21. The third-order valence-corrected chi connectivity index (χ3v) is 4.56. The molecular weight excluding hydrogens is 290 g/mol. The summed E-state index contributed by atoms with van der Waals surface area (Å²) in [5.41, 5.74) is 0.703. The summed E-state index contributed by atoms with van der Waals surface area (Å²) >= 11 is 1.44. The number of rotatable bonds is 4. The smallest absolute Gasteiger partial charge is 0.303 e. The number of carboxylic acid groups (broad SMARTS) is 1. The Balaban J connectivity index is 1.72. The van der Waals surface area contributed by atoms with Gasteiger partial charge in [0.2, 0.25) is 0 Å². The van der Waals surface area contributed by atoms with Gasteiger partial charge in [0.25, 0.3) is 5.56 Å². The quantitative estimate of drug-likeness (QED) is 0.925. The molecule has 1 atom stereocenters. The zero-order chi connectivity index (χ0) is 14.8. The van der Waals surface area contributed by atoms with Gasteiger partial charge in [-0.15, -0.1) is 11.3 Å². The van der Waals surface area contributed by atoms with Crippen molar-refractivity contribution in [3.8, 4) is 0 Å². The molecular formula is C14H17N3O3S. The highest BCUT2D eigenvalue weighted by Gasteiger charge is 2.22. The number of aromatic nitrogens is 2. The van der Waals surface area contributed by atoms with Crippen LogP contribution in [-0.2, 0) is 11.3 Å². The lowest BCUT2D eigenvalue weighted by Gasteiger charge is -2.31. The second kappa shape index (κ2) is 5.95. The first-order valence-corrected chi connectivity index (χ1v) is 7.90. The first-order valence-electron chi connectivity index (χ1n) is 7.02. The molecule has 0 aliphatic carbocycles. The van der Waals surface area contributed by atoms with Crippen LogP contribution in [0, 0.1) is 5.92 Å². The standard InChI is InChI=1S/C14H17N3O3S/c18-12-7-11(15-14-17(12)4-5-21-14)9-16-3-1-2-10(8-16)6-13(19)20/h4-5,7,10H,1-3,6,8-9H2,(H,19,20). The summed E-state index contributed by atoms with van der Waals surface area (Å²) < 4.78 is 1.54. The first kappa shape index (κ1) is 14.2. The van der Waals surface area contributed by atoms with E-state index in [4.69, 9.17) is 5.11 Å². The Morgan fingerprint density at radius 3 is 3.19 bits per heavy atom. The zero-order valence-corrected chi connectivity index (χ0v) is 12.4. The van der Waals surface area contributed by atoms with Crippen LogP contribution in [0.25, 0.3) is 4.96 Å². The third-order valence-electron chi connectivity index (χ3n) is 3.81. The van der Waals surface area contributed by atoms with Gasteiger partial charge < -0.3 is 5.11 Å². The van der Waals surface area contributed by atoms with Gasteiger partial charge in [-0.2, -0.15) is 0 Å². The van der Waals surface area contributed by atoms with Gasteiger partial charge in [0, 0.05) is 37.2 Å². The van der Waals surface area contributed by atoms with Gasteiger partial charge in [0.1, 0.15) is 0 Å². The fourth-order valence-electron chi connectivity index (χ4n) is 2.91. The Hall–Kier alpha value is -1.73. The summed E-state index contributed by atoms with van der Waals surface area (Å²) in [6.45, 7) is 2.30. The van der Waals surface area contributed by atoms with E-state index in [2.05, 4.69) is 9.88 Å². The van der Waals surface area contributed by atoms with Crippen LogP contribution in [0.3, 0.4) is 0 Å². The minimum absolute atomic E-state index is 0.0599. The lowest BCUT2D eigenvalue weighted by Crippen LogP contribution is -2.36. The molecule has 0 saturated carbocycles. The maximum absolute atomic E-state index is 11.9. The number of nitrogens with zero attached hydrogens (tertiary/aromatic N) is 3. The van der Waals surface area contributed by atoms with Crippen LogP contribution in [0.5, 0.6) is 0 Å². The van der Waals surface area contributed by atoms with Gasteiger partial charge in [-0.1, -0.05) is 0 Å². The topological polar surface area (TPSA) is 74.9 Å². The summed E-state index contributed by atoms with van der Waals surface area (Å²) in [6.07, 6.45) is 3.90. The van der Waals surface area contributed by atoms with Crippen LogP contribution in [0.4, 0.5) is 0 Å². The minimum Gasteiger partial charge on any atom is -0.481 e. The van der Waals surface area contributed by atoms with Gasteiger partial charge >= 0.3 is 5.97 Å². The van der Waals surface area contributed by atoms with Gasteiger partial charge in [0.05, 0.1) is 5.69 Å². The van der Waals surface area contributed by atoms with Crippen molar-refractivity contribution in [3.05, 3.63) is 33.7 Å². The summed E-state index contributed by atoms with van der Waals surface area (Å²) in [4.78, 5) is 30.2. The molecule has 0 bridgehead atoms. The maximum atomic E-state index is 11.9. The number of thiazole rings is 1. The normalized spacial score (nSPS) is 19.9. The first-order chi connectivity index (χ1) is 10.1. The van der Waals surface area contributed by atoms with E-state index in [1.807, 2.05) is 5.38 Å². The zero-order valence-electron chi connectivity index (χ0n) is 11.6. The SMILES string of the molecule is O=C(O)CC1CCCN(Cc2cc(=O)n3ccsc3n2)C1. The molecule has 1 fully saturated rings. The molecule has 112 valence electrons. The van der Waals surface area contributed by atoms with Gasteiger partial charge in [0.15, 0.2) is 4.96 Å². The molecule has 0 radical (unpaired) electrons. The van der Waals surface area contributed by atoms with Gasteiger partial charge in [-0.3, -0.25) is 18.9 Å². The highest BCUT2D eigenvalue weighted by atomic mass is 32.1. The number of carboxylic acids is 1. The van der Waals surface area contributed by atoms with Crippen molar-refractivity contribution in [2.24, 2.45) is 5.92 Å². The minimum atomic E-state index is -0.738. The molecule has 21 heavy (non-hydrogen) atoms. The second-order valence-corrected chi connectivity index (χ2v) is 6.36. The van der Waals surface area contributed by atoms with Gasteiger partial charge in [-0.05, 0) is 25.3 Å². The van der Waals surface area contributed by atoms with Crippen molar-refractivity contribution in [2.45, 2.75) is 25.8 Å². The summed E-state index contributed by atoms with van der Waals surface area (Å²) in [5.74, 6) is -0.541. The van der Waals surface area contributed by atoms with Crippen molar-refractivity contribution in [1.29, 1.82) is 0 Å². The molecule has 0 aromatic carbocycles. The molecule has 1 aliphatic heterocycles. The van der Waals surface area contributed by atoms with Crippen molar-refractivity contribution >= 4 is 22.3 Å². The van der Waals surface area contributed by atoms with E-state index in [9.17, 15) is 9.59 Å². The Kier molecular flexibility index (Phi) is 4.03. The number of carbonyl (C=O) groups is 1. The molecule has 6 nitrogen and oxygen atoms in total. The Labute approximate surface area is 125 Å². The molecule has 1 aliphatic rings. The summed E-state index contributed by atoms with van der Waals surface area (Å²) in [5, 5.41) is 10.7. The van der Waals surface area contributed by atoms with Crippen molar-refractivity contribution in [1.82, 2.24) is 14.3 Å². The molecule has 7 heteroatoms. The summed E-state index contributed by atoms with van der Waals surface area (Å²) in [6, 6.07) is 1.57. The lowest BCUT2D eigenvalue weighted by atomic mass is 9.95. The van der Waals surface area contributed by atoms with E-state index in [0.29, 0.717) is 11.5 Å². The molecule has 1 N–H and O–H groups in total. The van der Waals surface area contributed by atoms with Crippen LogP contribution >= 0.6 is 11.3 Å². The molecule has 0 spiro atoms. The van der Waals surface area contributed by atoms with Crippen molar-refractivity contribution in [2.75, 3.05) is 13.1 Å². The molecule has 3 rings (SSSR count). The fourth-order valence-corrected chi connectivity index (χ4v) is 3.65. The summed E-state index contributed by atoms with van der Waals surface area (Å²) in [7, 11) is 0. The molecule has 1 saturated heterocycles. The molecule has 3 heterocycles. The molecule has 2 aromatic heterocycles. The van der Waals surface area contributed by atoms with E-state index >= 15 is 0 Å². The average Bonchev–Trinajstić information content (AvgIpc) is 2.87. The number of hydrogen-bond donors (Lipinski definition) is 1. The average molecular weight is 307 g/mol. The number of aliphatic carboxylic acids is 1. The van der Waals surface area contributed by atoms with Crippen molar-refractivity contribution in [3.63, 3.8) is 0 Å². The molecule has 1 unspecified atom stereocenters. The van der Waals surface area contributed by atoms with Crippen LogP contribution < -0.4 is 5.56 Å². The van der Waals surface area contributed by atoms with E-state index in [1.54, 1.807) is 12.3 Å². The Morgan fingerprint density at radius 1 is 1.52 bits per heavy atom. The lowest BCUT2D eigenvalue weighted by molar-refractivity contribution is -0.138. The molecule has 2 aromatic rings. The predicted molar refractivity (Wildman–Crippen MR) is 79.6 cm³/mol. The van der Waals surface area contributed by atoms with E-state index in [1.165, 1.54) is 15.7 Å². The third kappa shape index (κ3) is 3.30. The number of fused-ring (bicyclic) bond motifs is 1. The largest absolute Gasteiger partial charge is 0.481 e. The Morgan fingerprint density at radius 2 is 2.38 bits per heavy atom. The fraction of sp³-hybridized carbons (Fsp3) is 0.500. The number of hydrogen-bond acceptors (Lipinski definition) is 5. The predicted octanol–water partition coefficient (Wildman–Crippen LogP) is 1.44. The molecule has 0 amide bonds. The monoisotopic (exact) mass is 307 g/mol. The van der Waals surface area contributed by atoms with E-state index in [0.717, 1.165) is 31.6 Å². The second-order valence-electron chi connectivity index (χ2n) is 5.48. The van der Waals surface area contributed by atoms with Crippen molar-refractivity contribution < 1.29 is 9.90 Å². The van der Waals surface area contributed by atoms with E-state index < -0.39 is 5.97 Å². The number of piperidine rings is 1. The van der Waals surface area contributed by atoms with E-state index in [-0.39, 0.29) is 17.9 Å². The van der Waals surface area contributed by atoms with Crippen LogP contribution in [0.15, 0.2) is 22.4 Å². The van der Waals surface area contributed by atoms with Gasteiger partial charge in [-0.25, -0.2) is 4.98 Å². The Bertz CT molecular complexity index is 709. The highest BCUT2D eigenvalue weighted by molar-refractivity contribution is 7.15. The van der Waals surface area contributed by atoms with Crippen LogP contribution in [-0.4, -0.2) is 38.4 Å². The maximum Gasteiger partial charge on any atom is 0.303 e. The van der Waals surface area contributed by atoms with Crippen LogP contribution in [0.1, 0.15) is 25.0 Å². The number of likely N-dealkylation sites (tertiary alicyclic amines) is 1. The van der Waals surface area contributed by atoms with Crippen LogP contribution in [0.2, 0.25) is 0 Å².